The standard InChI is InChI=1S/C19H23NO/c1-13(2)17-10-6-8-15(4)19(17)20-18(21)12-16-9-5-7-14(3)11-16/h5-11,13H,12H2,1-4H3,(H,20,21). The van der Waals surface area contributed by atoms with Gasteiger partial charge in [-0.25, -0.2) is 0 Å². The molecule has 0 atom stereocenters. The van der Waals surface area contributed by atoms with Gasteiger partial charge in [0.25, 0.3) is 0 Å². The van der Waals surface area contributed by atoms with E-state index in [1.54, 1.807) is 0 Å². The molecule has 0 saturated heterocycles. The number of rotatable bonds is 4. The van der Waals surface area contributed by atoms with Crippen molar-refractivity contribution in [2.45, 2.75) is 40.0 Å². The maximum Gasteiger partial charge on any atom is 0.228 e. The second-order valence-corrected chi connectivity index (χ2v) is 5.91. The van der Waals surface area contributed by atoms with Crippen molar-refractivity contribution in [3.63, 3.8) is 0 Å². The van der Waals surface area contributed by atoms with Gasteiger partial charge >= 0.3 is 0 Å². The number of hydrogen-bond donors (Lipinski definition) is 1. The summed E-state index contributed by atoms with van der Waals surface area (Å²) in [5, 5.41) is 3.09. The zero-order valence-corrected chi connectivity index (χ0v) is 13.2. The molecule has 1 N–H and O–H groups in total. The maximum atomic E-state index is 12.3. The van der Waals surface area contributed by atoms with Crippen LogP contribution in [0.3, 0.4) is 0 Å². The van der Waals surface area contributed by atoms with Crippen molar-refractivity contribution < 1.29 is 4.79 Å². The Bertz CT molecular complexity index is 644. The summed E-state index contributed by atoms with van der Waals surface area (Å²) in [5.74, 6) is 0.427. The van der Waals surface area contributed by atoms with Crippen LogP contribution >= 0.6 is 0 Å². The van der Waals surface area contributed by atoms with Gasteiger partial charge in [-0.05, 0) is 36.5 Å². The van der Waals surface area contributed by atoms with Crippen LogP contribution in [0.4, 0.5) is 5.69 Å². The summed E-state index contributed by atoms with van der Waals surface area (Å²) in [5.41, 5.74) is 5.49. The molecular weight excluding hydrogens is 258 g/mol. The monoisotopic (exact) mass is 281 g/mol. The van der Waals surface area contributed by atoms with Gasteiger partial charge in [0, 0.05) is 5.69 Å². The molecule has 0 unspecified atom stereocenters. The molecule has 0 fully saturated rings. The summed E-state index contributed by atoms with van der Waals surface area (Å²) in [6, 6.07) is 14.2. The van der Waals surface area contributed by atoms with Gasteiger partial charge in [-0.1, -0.05) is 61.9 Å². The average molecular weight is 281 g/mol. The fourth-order valence-electron chi connectivity index (χ4n) is 2.53. The lowest BCUT2D eigenvalue weighted by molar-refractivity contribution is -0.115. The lowest BCUT2D eigenvalue weighted by atomic mass is 9.98. The van der Waals surface area contributed by atoms with E-state index in [4.69, 9.17) is 0 Å². The average Bonchev–Trinajstić information content (AvgIpc) is 2.40. The van der Waals surface area contributed by atoms with E-state index in [9.17, 15) is 4.79 Å². The van der Waals surface area contributed by atoms with E-state index in [2.05, 4.69) is 31.3 Å². The van der Waals surface area contributed by atoms with Gasteiger partial charge in [0.2, 0.25) is 5.91 Å². The van der Waals surface area contributed by atoms with Crippen molar-refractivity contribution in [2.75, 3.05) is 5.32 Å². The van der Waals surface area contributed by atoms with Crippen LogP contribution in [0.2, 0.25) is 0 Å². The van der Waals surface area contributed by atoms with Gasteiger partial charge in [-0.15, -0.1) is 0 Å². The molecule has 1 amide bonds. The number of nitrogens with one attached hydrogen (secondary N) is 1. The summed E-state index contributed by atoms with van der Waals surface area (Å²) >= 11 is 0. The molecule has 0 aliphatic heterocycles. The molecule has 2 heteroatoms. The Morgan fingerprint density at radius 3 is 2.48 bits per heavy atom. The van der Waals surface area contributed by atoms with E-state index in [0.29, 0.717) is 12.3 Å². The molecule has 2 aromatic rings. The fraction of sp³-hybridized carbons (Fsp3) is 0.316. The molecule has 0 spiro atoms. The van der Waals surface area contributed by atoms with Crippen LogP contribution in [0.5, 0.6) is 0 Å². The Hall–Kier alpha value is -2.09. The number of para-hydroxylation sites is 1. The van der Waals surface area contributed by atoms with Crippen molar-refractivity contribution in [3.05, 3.63) is 64.7 Å². The lowest BCUT2D eigenvalue weighted by Gasteiger charge is -2.16. The zero-order chi connectivity index (χ0) is 15.4. The number of carbonyl (C=O) groups excluding carboxylic acids is 1. The third kappa shape index (κ3) is 3.94. The van der Waals surface area contributed by atoms with Crippen LogP contribution < -0.4 is 5.32 Å². The van der Waals surface area contributed by atoms with Crippen LogP contribution in [-0.2, 0) is 11.2 Å². The van der Waals surface area contributed by atoms with Crippen molar-refractivity contribution in [1.82, 2.24) is 0 Å². The molecule has 110 valence electrons. The highest BCUT2D eigenvalue weighted by Gasteiger charge is 2.12. The molecule has 2 aromatic carbocycles. The smallest absolute Gasteiger partial charge is 0.228 e. The summed E-state index contributed by atoms with van der Waals surface area (Å²) in [6.07, 6.45) is 0.410. The van der Waals surface area contributed by atoms with Gasteiger partial charge in [0.15, 0.2) is 0 Å². The molecule has 0 bridgehead atoms. The van der Waals surface area contributed by atoms with E-state index in [1.165, 1.54) is 11.1 Å². The molecule has 0 saturated carbocycles. The zero-order valence-electron chi connectivity index (χ0n) is 13.2. The molecule has 2 rings (SSSR count). The quantitative estimate of drug-likeness (QED) is 0.871. The highest BCUT2D eigenvalue weighted by molar-refractivity contribution is 5.93. The number of anilines is 1. The molecule has 0 heterocycles. The first-order chi connectivity index (χ1) is 9.97. The third-order valence-corrected chi connectivity index (χ3v) is 3.64. The largest absolute Gasteiger partial charge is 0.325 e. The Labute approximate surface area is 127 Å². The minimum Gasteiger partial charge on any atom is -0.325 e. The van der Waals surface area contributed by atoms with E-state index in [0.717, 1.165) is 16.8 Å². The van der Waals surface area contributed by atoms with E-state index < -0.39 is 0 Å². The normalized spacial score (nSPS) is 10.7. The van der Waals surface area contributed by atoms with Crippen LogP contribution in [0, 0.1) is 13.8 Å². The first kappa shape index (κ1) is 15.3. The SMILES string of the molecule is Cc1cccc(CC(=O)Nc2c(C)cccc2C(C)C)c1. The Morgan fingerprint density at radius 1 is 1.10 bits per heavy atom. The van der Waals surface area contributed by atoms with Crippen molar-refractivity contribution >= 4 is 11.6 Å². The topological polar surface area (TPSA) is 29.1 Å². The number of carbonyl (C=O) groups is 1. The summed E-state index contributed by atoms with van der Waals surface area (Å²) in [7, 11) is 0. The molecule has 0 radical (unpaired) electrons. The molecule has 0 aliphatic rings. The second kappa shape index (κ2) is 6.57. The Balaban J connectivity index is 2.17. The van der Waals surface area contributed by atoms with E-state index in [1.807, 2.05) is 44.2 Å². The van der Waals surface area contributed by atoms with Crippen LogP contribution in [0.15, 0.2) is 42.5 Å². The molecule has 0 aromatic heterocycles. The summed E-state index contributed by atoms with van der Waals surface area (Å²) < 4.78 is 0. The molecule has 21 heavy (non-hydrogen) atoms. The van der Waals surface area contributed by atoms with Gasteiger partial charge in [-0.3, -0.25) is 4.79 Å². The number of hydrogen-bond acceptors (Lipinski definition) is 1. The maximum absolute atomic E-state index is 12.3. The fourth-order valence-corrected chi connectivity index (χ4v) is 2.53. The van der Waals surface area contributed by atoms with E-state index >= 15 is 0 Å². The van der Waals surface area contributed by atoms with Gasteiger partial charge in [-0.2, -0.15) is 0 Å². The van der Waals surface area contributed by atoms with Crippen LogP contribution in [-0.4, -0.2) is 5.91 Å². The second-order valence-electron chi connectivity index (χ2n) is 5.91. The van der Waals surface area contributed by atoms with Crippen LogP contribution in [0.25, 0.3) is 0 Å². The Kier molecular flexibility index (Phi) is 4.79. The number of aryl methyl sites for hydroxylation is 2. The third-order valence-electron chi connectivity index (χ3n) is 3.64. The minimum absolute atomic E-state index is 0.0387. The van der Waals surface area contributed by atoms with Crippen LogP contribution in [0.1, 0.15) is 42.0 Å². The highest BCUT2D eigenvalue weighted by atomic mass is 16.1. The van der Waals surface area contributed by atoms with Gasteiger partial charge in [0.1, 0.15) is 0 Å². The first-order valence-corrected chi connectivity index (χ1v) is 7.42. The number of amides is 1. The first-order valence-electron chi connectivity index (χ1n) is 7.42. The van der Waals surface area contributed by atoms with Crippen molar-refractivity contribution in [3.8, 4) is 0 Å². The predicted octanol–water partition coefficient (Wildman–Crippen LogP) is 4.61. The summed E-state index contributed by atoms with van der Waals surface area (Å²) in [6.45, 7) is 8.36. The van der Waals surface area contributed by atoms with Gasteiger partial charge < -0.3 is 5.32 Å². The number of benzene rings is 2. The Morgan fingerprint density at radius 2 is 1.81 bits per heavy atom. The minimum atomic E-state index is 0.0387. The van der Waals surface area contributed by atoms with E-state index in [-0.39, 0.29) is 5.91 Å². The predicted molar refractivity (Wildman–Crippen MR) is 88.8 cm³/mol. The van der Waals surface area contributed by atoms with Crippen molar-refractivity contribution in [1.29, 1.82) is 0 Å². The lowest BCUT2D eigenvalue weighted by Crippen LogP contribution is -2.17. The highest BCUT2D eigenvalue weighted by Crippen LogP contribution is 2.27. The molecule has 2 nitrogen and oxygen atoms in total. The van der Waals surface area contributed by atoms with Gasteiger partial charge in [0.05, 0.1) is 6.42 Å². The van der Waals surface area contributed by atoms with Crippen molar-refractivity contribution in [2.24, 2.45) is 0 Å². The molecule has 0 aliphatic carbocycles. The summed E-state index contributed by atoms with van der Waals surface area (Å²) in [4.78, 5) is 12.3. The molecular formula is C19H23NO.